The van der Waals surface area contributed by atoms with Gasteiger partial charge in [0.05, 0.1) is 0 Å². The van der Waals surface area contributed by atoms with Gasteiger partial charge in [-0.05, 0) is 25.2 Å². The van der Waals surface area contributed by atoms with E-state index in [1.807, 2.05) is 7.05 Å². The van der Waals surface area contributed by atoms with E-state index in [1.165, 1.54) is 19.3 Å². The highest BCUT2D eigenvalue weighted by Crippen LogP contribution is 2.29. The molecule has 0 atom stereocenters. The fourth-order valence-electron chi connectivity index (χ4n) is 1.39. The van der Waals surface area contributed by atoms with Crippen molar-refractivity contribution in [1.29, 1.82) is 0 Å². The highest BCUT2D eigenvalue weighted by molar-refractivity contribution is 5.79. The molecule has 1 rings (SSSR count). The Kier molecular flexibility index (Phi) is 4.73. The Morgan fingerprint density at radius 3 is 2.79 bits per heavy atom. The Labute approximate surface area is 86.5 Å². The van der Waals surface area contributed by atoms with Gasteiger partial charge >= 0.3 is 0 Å². The van der Waals surface area contributed by atoms with E-state index in [2.05, 4.69) is 22.2 Å². The molecule has 0 amide bonds. The molecule has 1 aliphatic carbocycles. The first kappa shape index (κ1) is 11.3. The molecular formula is C10H22N4. The second-order valence-electron chi connectivity index (χ2n) is 4.03. The summed E-state index contributed by atoms with van der Waals surface area (Å²) in [6, 6.07) is 0. The zero-order valence-electron chi connectivity index (χ0n) is 9.29. The van der Waals surface area contributed by atoms with Gasteiger partial charge in [0.2, 0.25) is 5.96 Å². The van der Waals surface area contributed by atoms with Crippen molar-refractivity contribution in [2.24, 2.45) is 16.8 Å². The number of rotatable bonds is 5. The van der Waals surface area contributed by atoms with E-state index in [-0.39, 0.29) is 0 Å². The highest BCUT2D eigenvalue weighted by atomic mass is 15.4. The van der Waals surface area contributed by atoms with Gasteiger partial charge in [-0.15, -0.1) is 0 Å². The molecule has 1 aliphatic rings. The minimum absolute atomic E-state index is 0.824. The molecule has 14 heavy (non-hydrogen) atoms. The van der Waals surface area contributed by atoms with Crippen LogP contribution in [-0.2, 0) is 0 Å². The van der Waals surface area contributed by atoms with E-state index in [4.69, 9.17) is 5.84 Å². The van der Waals surface area contributed by atoms with Crippen LogP contribution in [0.4, 0.5) is 0 Å². The minimum Gasteiger partial charge on any atom is -0.345 e. The van der Waals surface area contributed by atoms with Gasteiger partial charge in [-0.3, -0.25) is 10.4 Å². The maximum atomic E-state index is 5.43. The lowest BCUT2D eigenvalue weighted by atomic mass is 10.3. The van der Waals surface area contributed by atoms with E-state index >= 15 is 0 Å². The maximum Gasteiger partial charge on any atom is 0.208 e. The van der Waals surface area contributed by atoms with Crippen molar-refractivity contribution >= 4 is 5.96 Å². The van der Waals surface area contributed by atoms with E-state index < -0.39 is 0 Å². The van der Waals surface area contributed by atoms with E-state index in [0.717, 1.165) is 31.4 Å². The van der Waals surface area contributed by atoms with Crippen LogP contribution >= 0.6 is 0 Å². The molecule has 0 unspecified atom stereocenters. The molecule has 0 aromatic carbocycles. The van der Waals surface area contributed by atoms with Crippen molar-refractivity contribution in [2.45, 2.75) is 32.6 Å². The molecule has 0 aromatic rings. The molecule has 0 radical (unpaired) electrons. The third-order valence-electron chi connectivity index (χ3n) is 2.49. The van der Waals surface area contributed by atoms with Crippen LogP contribution in [0.25, 0.3) is 0 Å². The summed E-state index contributed by atoms with van der Waals surface area (Å²) < 4.78 is 0. The van der Waals surface area contributed by atoms with Crippen LogP contribution in [0, 0.1) is 5.92 Å². The molecule has 3 N–H and O–H groups in total. The van der Waals surface area contributed by atoms with Crippen molar-refractivity contribution in [1.82, 2.24) is 10.3 Å². The molecular weight excluding hydrogens is 176 g/mol. The van der Waals surface area contributed by atoms with E-state index in [0.29, 0.717) is 0 Å². The number of nitrogens with two attached hydrogens (primary N) is 1. The zero-order chi connectivity index (χ0) is 10.4. The molecule has 0 aliphatic heterocycles. The first-order chi connectivity index (χ1) is 6.77. The predicted molar refractivity (Wildman–Crippen MR) is 59.9 cm³/mol. The molecule has 1 fully saturated rings. The van der Waals surface area contributed by atoms with Gasteiger partial charge in [0.1, 0.15) is 0 Å². The van der Waals surface area contributed by atoms with Crippen LogP contribution in [0.2, 0.25) is 0 Å². The third kappa shape index (κ3) is 3.96. The summed E-state index contributed by atoms with van der Waals surface area (Å²) in [7, 11) is 2.04. The molecule has 0 heterocycles. The molecule has 0 saturated heterocycles. The average molecular weight is 198 g/mol. The SMILES string of the molecule is CCCCN=C(NN)N(C)CC1CC1. The lowest BCUT2D eigenvalue weighted by Crippen LogP contribution is -2.43. The number of hydrogen-bond donors (Lipinski definition) is 2. The van der Waals surface area contributed by atoms with Crippen LogP contribution in [-0.4, -0.2) is 31.0 Å². The van der Waals surface area contributed by atoms with Gasteiger partial charge in [0.25, 0.3) is 0 Å². The predicted octanol–water partition coefficient (Wildman–Crippen LogP) is 0.948. The Morgan fingerprint density at radius 2 is 2.29 bits per heavy atom. The second-order valence-corrected chi connectivity index (χ2v) is 4.03. The van der Waals surface area contributed by atoms with Crippen LogP contribution in [0.15, 0.2) is 4.99 Å². The van der Waals surface area contributed by atoms with E-state index in [9.17, 15) is 0 Å². The van der Waals surface area contributed by atoms with Crippen LogP contribution in [0.3, 0.4) is 0 Å². The summed E-state index contributed by atoms with van der Waals surface area (Å²) in [5, 5.41) is 0. The zero-order valence-corrected chi connectivity index (χ0v) is 9.29. The van der Waals surface area contributed by atoms with Crippen LogP contribution in [0.1, 0.15) is 32.6 Å². The summed E-state index contributed by atoms with van der Waals surface area (Å²) in [6.07, 6.45) is 5.02. The van der Waals surface area contributed by atoms with Crippen molar-refractivity contribution in [3.63, 3.8) is 0 Å². The fraction of sp³-hybridized carbons (Fsp3) is 0.900. The minimum atomic E-state index is 0.824. The molecule has 0 spiro atoms. The van der Waals surface area contributed by atoms with Gasteiger partial charge in [0, 0.05) is 20.1 Å². The number of aliphatic imine (C=N–C) groups is 1. The largest absolute Gasteiger partial charge is 0.345 e. The van der Waals surface area contributed by atoms with Crippen molar-refractivity contribution < 1.29 is 0 Å². The summed E-state index contributed by atoms with van der Waals surface area (Å²) in [5.74, 6) is 7.12. The van der Waals surface area contributed by atoms with Crippen molar-refractivity contribution in [3.8, 4) is 0 Å². The highest BCUT2D eigenvalue weighted by Gasteiger charge is 2.23. The number of nitrogens with zero attached hydrogens (tertiary/aromatic N) is 2. The van der Waals surface area contributed by atoms with Gasteiger partial charge in [-0.1, -0.05) is 13.3 Å². The van der Waals surface area contributed by atoms with Gasteiger partial charge in [0.15, 0.2) is 0 Å². The lowest BCUT2D eigenvalue weighted by molar-refractivity contribution is 0.455. The fourth-order valence-corrected chi connectivity index (χ4v) is 1.39. The Balaban J connectivity index is 2.29. The van der Waals surface area contributed by atoms with E-state index in [1.54, 1.807) is 0 Å². The first-order valence-corrected chi connectivity index (χ1v) is 5.50. The summed E-state index contributed by atoms with van der Waals surface area (Å²) in [4.78, 5) is 6.54. The smallest absolute Gasteiger partial charge is 0.208 e. The van der Waals surface area contributed by atoms with Gasteiger partial charge in [-0.25, -0.2) is 5.84 Å². The topological polar surface area (TPSA) is 53.6 Å². The lowest BCUT2D eigenvalue weighted by Gasteiger charge is -2.20. The Bertz CT molecular complexity index is 187. The van der Waals surface area contributed by atoms with Gasteiger partial charge < -0.3 is 4.90 Å². The Morgan fingerprint density at radius 1 is 1.57 bits per heavy atom. The number of unbranched alkanes of at least 4 members (excludes halogenated alkanes) is 1. The molecule has 1 saturated carbocycles. The first-order valence-electron chi connectivity index (χ1n) is 5.50. The summed E-state index contributed by atoms with van der Waals surface area (Å²) in [5.41, 5.74) is 2.67. The Hall–Kier alpha value is -0.770. The monoisotopic (exact) mass is 198 g/mol. The second kappa shape index (κ2) is 5.86. The molecule has 4 heteroatoms. The van der Waals surface area contributed by atoms with Crippen molar-refractivity contribution in [3.05, 3.63) is 0 Å². The maximum absolute atomic E-state index is 5.43. The number of nitrogens with one attached hydrogen (secondary N) is 1. The average Bonchev–Trinajstić information content (AvgIpc) is 2.96. The molecule has 4 nitrogen and oxygen atoms in total. The quantitative estimate of drug-likeness (QED) is 0.227. The van der Waals surface area contributed by atoms with Crippen LogP contribution < -0.4 is 11.3 Å². The molecule has 82 valence electrons. The number of hydrogen-bond acceptors (Lipinski definition) is 2. The number of guanidine groups is 1. The summed E-state index contributed by atoms with van der Waals surface area (Å²) in [6.45, 7) is 4.11. The van der Waals surface area contributed by atoms with Crippen LogP contribution in [0.5, 0.6) is 0 Å². The molecule has 0 bridgehead atoms. The number of hydrazine groups is 1. The standard InChI is InChI=1S/C10H22N4/c1-3-4-7-12-10(13-11)14(2)8-9-5-6-9/h9H,3-8,11H2,1-2H3,(H,12,13). The third-order valence-corrected chi connectivity index (χ3v) is 2.49. The molecule has 0 aromatic heterocycles. The van der Waals surface area contributed by atoms with Gasteiger partial charge in [-0.2, -0.15) is 0 Å². The van der Waals surface area contributed by atoms with Crippen molar-refractivity contribution in [2.75, 3.05) is 20.1 Å². The summed E-state index contributed by atoms with van der Waals surface area (Å²) >= 11 is 0. The normalized spacial score (nSPS) is 16.9.